The second kappa shape index (κ2) is 9.57. The topological polar surface area (TPSA) is 93.1 Å². The Hall–Kier alpha value is -4.47. The number of aryl methyl sites for hydroxylation is 1. The Kier molecular flexibility index (Phi) is 6.39. The Morgan fingerprint density at radius 1 is 0.971 bits per heavy atom. The Morgan fingerprint density at radius 2 is 1.76 bits per heavy atom. The van der Waals surface area contributed by atoms with Crippen molar-refractivity contribution in [3.8, 4) is 17.0 Å². The zero-order chi connectivity index (χ0) is 24.2. The van der Waals surface area contributed by atoms with Crippen LogP contribution in [-0.4, -0.2) is 40.0 Å². The SMILES string of the molecule is COc1ncc(-c2ccnc(Nc3ccnc(C)n3)c2)cc1C(=O)N(C)c1ccc(F)cc1F. The van der Waals surface area contributed by atoms with Gasteiger partial charge in [0.1, 0.15) is 34.7 Å². The molecule has 0 atom stereocenters. The minimum atomic E-state index is -0.858. The molecule has 0 aliphatic carbocycles. The zero-order valence-electron chi connectivity index (χ0n) is 18.6. The van der Waals surface area contributed by atoms with E-state index in [9.17, 15) is 13.6 Å². The molecule has 3 heterocycles. The highest BCUT2D eigenvalue weighted by Crippen LogP contribution is 2.29. The van der Waals surface area contributed by atoms with Gasteiger partial charge in [0.2, 0.25) is 5.88 Å². The fourth-order valence-electron chi connectivity index (χ4n) is 3.30. The molecule has 0 saturated heterocycles. The molecule has 4 rings (SSSR count). The summed E-state index contributed by atoms with van der Waals surface area (Å²) < 4.78 is 32.8. The van der Waals surface area contributed by atoms with Gasteiger partial charge < -0.3 is 15.0 Å². The van der Waals surface area contributed by atoms with E-state index in [2.05, 4.69) is 25.3 Å². The molecular weight excluding hydrogens is 442 g/mol. The highest BCUT2D eigenvalue weighted by Gasteiger charge is 2.22. The third-order valence-corrected chi connectivity index (χ3v) is 4.98. The number of carbonyl (C=O) groups excluding carboxylic acids is 1. The molecule has 0 aliphatic heterocycles. The van der Waals surface area contributed by atoms with Crippen molar-refractivity contribution in [1.29, 1.82) is 0 Å². The number of carbonyl (C=O) groups is 1. The summed E-state index contributed by atoms with van der Waals surface area (Å²) in [5, 5.41) is 3.11. The van der Waals surface area contributed by atoms with Gasteiger partial charge >= 0.3 is 0 Å². The van der Waals surface area contributed by atoms with E-state index in [1.54, 1.807) is 49.8 Å². The Labute approximate surface area is 194 Å². The first-order valence-corrected chi connectivity index (χ1v) is 10.2. The maximum absolute atomic E-state index is 14.2. The summed E-state index contributed by atoms with van der Waals surface area (Å²) in [5.74, 6) is -0.349. The summed E-state index contributed by atoms with van der Waals surface area (Å²) in [6, 6.07) is 9.85. The lowest BCUT2D eigenvalue weighted by molar-refractivity contribution is 0.0988. The van der Waals surface area contributed by atoms with E-state index in [1.807, 2.05) is 0 Å². The number of ether oxygens (including phenoxy) is 1. The molecule has 1 N–H and O–H groups in total. The molecule has 0 spiro atoms. The maximum Gasteiger partial charge on any atom is 0.263 e. The quantitative estimate of drug-likeness (QED) is 0.449. The van der Waals surface area contributed by atoms with E-state index >= 15 is 0 Å². The third kappa shape index (κ3) is 4.80. The number of amides is 1. The smallest absolute Gasteiger partial charge is 0.263 e. The molecule has 0 aliphatic rings. The zero-order valence-corrected chi connectivity index (χ0v) is 18.6. The Morgan fingerprint density at radius 3 is 2.50 bits per heavy atom. The number of pyridine rings is 2. The number of hydrogen-bond acceptors (Lipinski definition) is 7. The number of nitrogens with one attached hydrogen (secondary N) is 1. The number of nitrogens with zero attached hydrogens (tertiary/aromatic N) is 5. The van der Waals surface area contributed by atoms with Gasteiger partial charge in [0.05, 0.1) is 12.8 Å². The number of benzene rings is 1. The van der Waals surface area contributed by atoms with E-state index in [0.29, 0.717) is 23.0 Å². The van der Waals surface area contributed by atoms with Crippen LogP contribution in [0.5, 0.6) is 5.88 Å². The molecule has 3 aromatic heterocycles. The molecule has 34 heavy (non-hydrogen) atoms. The highest BCUT2D eigenvalue weighted by atomic mass is 19.1. The van der Waals surface area contributed by atoms with Crippen molar-refractivity contribution < 1.29 is 18.3 Å². The van der Waals surface area contributed by atoms with Gasteiger partial charge in [-0.05, 0) is 48.9 Å². The molecule has 4 aromatic rings. The van der Waals surface area contributed by atoms with Crippen molar-refractivity contribution in [1.82, 2.24) is 19.9 Å². The largest absolute Gasteiger partial charge is 0.480 e. The molecule has 0 saturated carbocycles. The first kappa shape index (κ1) is 22.7. The molecule has 172 valence electrons. The van der Waals surface area contributed by atoms with Crippen molar-refractivity contribution in [3.63, 3.8) is 0 Å². The van der Waals surface area contributed by atoms with Crippen LogP contribution in [0.3, 0.4) is 0 Å². The normalized spacial score (nSPS) is 10.6. The average Bonchev–Trinajstić information content (AvgIpc) is 2.83. The van der Waals surface area contributed by atoms with E-state index in [0.717, 1.165) is 22.6 Å². The lowest BCUT2D eigenvalue weighted by atomic mass is 10.1. The van der Waals surface area contributed by atoms with Gasteiger partial charge in [-0.15, -0.1) is 0 Å². The second-order valence-corrected chi connectivity index (χ2v) is 7.28. The number of hydrogen-bond donors (Lipinski definition) is 1. The summed E-state index contributed by atoms with van der Waals surface area (Å²) in [4.78, 5) is 31.2. The Balaban J connectivity index is 1.67. The van der Waals surface area contributed by atoms with E-state index < -0.39 is 17.5 Å². The van der Waals surface area contributed by atoms with Crippen molar-refractivity contribution in [2.75, 3.05) is 24.4 Å². The summed E-state index contributed by atoms with van der Waals surface area (Å²) in [5.41, 5.74) is 1.38. The molecule has 0 bridgehead atoms. The number of halogens is 2. The number of anilines is 3. The summed E-state index contributed by atoms with van der Waals surface area (Å²) in [6.07, 6.45) is 4.81. The predicted molar refractivity (Wildman–Crippen MR) is 123 cm³/mol. The molecule has 1 amide bonds. The van der Waals surface area contributed by atoms with Crippen LogP contribution in [0.25, 0.3) is 11.1 Å². The lowest BCUT2D eigenvalue weighted by Gasteiger charge is -2.19. The van der Waals surface area contributed by atoms with Gasteiger partial charge in [-0.3, -0.25) is 4.79 Å². The van der Waals surface area contributed by atoms with Crippen LogP contribution in [0.2, 0.25) is 0 Å². The molecule has 0 unspecified atom stereocenters. The van der Waals surface area contributed by atoms with E-state index in [-0.39, 0.29) is 17.1 Å². The summed E-state index contributed by atoms with van der Waals surface area (Å²) >= 11 is 0. The monoisotopic (exact) mass is 462 g/mol. The summed E-state index contributed by atoms with van der Waals surface area (Å²) in [7, 11) is 2.78. The fourth-order valence-corrected chi connectivity index (χ4v) is 3.30. The van der Waals surface area contributed by atoms with Crippen molar-refractivity contribution in [2.24, 2.45) is 0 Å². The number of aromatic nitrogens is 4. The van der Waals surface area contributed by atoms with Gasteiger partial charge in [-0.25, -0.2) is 28.7 Å². The summed E-state index contributed by atoms with van der Waals surface area (Å²) in [6.45, 7) is 1.78. The lowest BCUT2D eigenvalue weighted by Crippen LogP contribution is -2.28. The first-order valence-electron chi connectivity index (χ1n) is 10.2. The van der Waals surface area contributed by atoms with Crippen molar-refractivity contribution in [3.05, 3.63) is 84.1 Å². The van der Waals surface area contributed by atoms with E-state index in [1.165, 1.54) is 20.2 Å². The molecular formula is C24H20F2N6O2. The van der Waals surface area contributed by atoms with Crippen LogP contribution in [0.1, 0.15) is 16.2 Å². The minimum Gasteiger partial charge on any atom is -0.480 e. The first-order chi connectivity index (χ1) is 16.4. The number of rotatable bonds is 6. The van der Waals surface area contributed by atoms with Crippen LogP contribution in [-0.2, 0) is 0 Å². The predicted octanol–water partition coefficient (Wildman–Crippen LogP) is 4.55. The average molecular weight is 462 g/mol. The Bertz CT molecular complexity index is 1370. The fraction of sp³-hybridized carbons (Fsp3) is 0.125. The standard InChI is InChI=1S/C24H20F2N6O2/c1-14-27-9-7-21(30-14)31-22-11-15(6-8-28-22)16-10-18(23(34-3)29-13-16)24(33)32(2)20-5-4-17(25)12-19(20)26/h4-13H,1-3H3,(H,27,28,30,31). The van der Waals surface area contributed by atoms with Gasteiger partial charge in [-0.1, -0.05) is 0 Å². The van der Waals surface area contributed by atoms with Gasteiger partial charge in [0.15, 0.2) is 0 Å². The van der Waals surface area contributed by atoms with E-state index in [4.69, 9.17) is 4.74 Å². The highest BCUT2D eigenvalue weighted by molar-refractivity contribution is 6.08. The molecule has 0 radical (unpaired) electrons. The molecule has 10 heteroatoms. The molecule has 0 fully saturated rings. The van der Waals surface area contributed by atoms with Crippen LogP contribution < -0.4 is 15.0 Å². The van der Waals surface area contributed by atoms with Crippen molar-refractivity contribution in [2.45, 2.75) is 6.92 Å². The van der Waals surface area contributed by atoms with Crippen LogP contribution in [0.4, 0.5) is 26.1 Å². The molecule has 1 aromatic carbocycles. The maximum atomic E-state index is 14.2. The van der Waals surface area contributed by atoms with Crippen LogP contribution >= 0.6 is 0 Å². The third-order valence-electron chi connectivity index (χ3n) is 4.98. The second-order valence-electron chi connectivity index (χ2n) is 7.28. The number of methoxy groups -OCH3 is 1. The van der Waals surface area contributed by atoms with Gasteiger partial charge in [0.25, 0.3) is 5.91 Å². The molecule has 8 nitrogen and oxygen atoms in total. The van der Waals surface area contributed by atoms with Gasteiger partial charge in [0, 0.05) is 37.3 Å². The van der Waals surface area contributed by atoms with Crippen LogP contribution in [0.15, 0.2) is 61.1 Å². The van der Waals surface area contributed by atoms with Crippen molar-refractivity contribution >= 4 is 23.2 Å². The van der Waals surface area contributed by atoms with Crippen LogP contribution in [0, 0.1) is 18.6 Å². The minimum absolute atomic E-state index is 0.0746. The van der Waals surface area contributed by atoms with Gasteiger partial charge in [-0.2, -0.15) is 0 Å².